The van der Waals surface area contributed by atoms with Crippen LogP contribution in [-0.4, -0.2) is 44.2 Å². The quantitative estimate of drug-likeness (QED) is 0.338. The topological polar surface area (TPSA) is 61.1 Å². The van der Waals surface area contributed by atoms with Crippen LogP contribution in [0, 0.1) is 0 Å². The van der Waals surface area contributed by atoms with Crippen LogP contribution in [0.3, 0.4) is 0 Å². The van der Waals surface area contributed by atoms with Crippen LogP contribution in [0.15, 0.2) is 47.1 Å². The molecule has 1 fully saturated rings. The number of carbonyl (C=O) groups is 1. The predicted octanol–water partition coefficient (Wildman–Crippen LogP) is 6.71. The number of allylic oxidation sites excluding steroid dienone is 1. The highest BCUT2D eigenvalue weighted by Crippen LogP contribution is 2.40. The van der Waals surface area contributed by atoms with Crippen molar-refractivity contribution in [2.24, 2.45) is 0 Å². The van der Waals surface area contributed by atoms with E-state index in [0.29, 0.717) is 29.9 Å². The third-order valence-electron chi connectivity index (χ3n) is 6.82. The molecule has 6 nitrogen and oxygen atoms in total. The molecule has 35 heavy (non-hydrogen) atoms. The summed E-state index contributed by atoms with van der Waals surface area (Å²) in [6, 6.07) is 10.1. The van der Waals surface area contributed by atoms with Gasteiger partial charge in [-0.3, -0.25) is 4.79 Å². The monoisotopic (exact) mass is 477 g/mol. The number of ether oxygens (including phenoxy) is 3. The van der Waals surface area contributed by atoms with Gasteiger partial charge >= 0.3 is 0 Å². The molecule has 1 saturated heterocycles. The Morgan fingerprint density at radius 1 is 1.09 bits per heavy atom. The second kappa shape index (κ2) is 10.9. The Hall–Kier alpha value is -3.41. The predicted molar refractivity (Wildman–Crippen MR) is 139 cm³/mol. The lowest BCUT2D eigenvalue weighted by Gasteiger charge is -2.34. The number of benzene rings is 2. The van der Waals surface area contributed by atoms with Crippen molar-refractivity contribution in [1.29, 1.82) is 0 Å². The van der Waals surface area contributed by atoms with Crippen LogP contribution in [0.1, 0.15) is 52.0 Å². The lowest BCUT2D eigenvalue weighted by molar-refractivity contribution is -0.129. The smallest absolute Gasteiger partial charge is 0.247 e. The Bertz CT molecular complexity index is 1230. The number of fused-ring (bicyclic) bond motifs is 1. The number of methoxy groups -OCH3 is 2. The van der Waals surface area contributed by atoms with Crippen LogP contribution in [-0.2, 0) is 4.79 Å². The highest BCUT2D eigenvalue weighted by molar-refractivity contribution is 6.00. The molecule has 0 N–H and O–H groups in total. The summed E-state index contributed by atoms with van der Waals surface area (Å²) in [6.45, 7) is 7.43. The first-order valence-corrected chi connectivity index (χ1v) is 12.4. The summed E-state index contributed by atoms with van der Waals surface area (Å²) in [5.74, 6) is 2.10. The molecule has 2 heterocycles. The van der Waals surface area contributed by atoms with Crippen molar-refractivity contribution in [3.05, 3.63) is 48.2 Å². The van der Waals surface area contributed by atoms with Crippen molar-refractivity contribution >= 4 is 22.4 Å². The summed E-state index contributed by atoms with van der Waals surface area (Å²) in [7, 11) is 3.24. The molecule has 1 aliphatic heterocycles. The molecule has 0 saturated carbocycles. The fraction of sp³-hybridized carbons (Fsp3) is 0.414. The fourth-order valence-electron chi connectivity index (χ4n) is 4.93. The minimum atomic E-state index is 0.0731. The largest absolute Gasteiger partial charge is 0.493 e. The molecular formula is C29H35NO5. The molecule has 0 spiro atoms. The van der Waals surface area contributed by atoms with Crippen molar-refractivity contribution in [2.75, 3.05) is 27.4 Å². The summed E-state index contributed by atoms with van der Waals surface area (Å²) < 4.78 is 22.7. The normalized spacial score (nSPS) is 16.4. The van der Waals surface area contributed by atoms with E-state index in [1.54, 1.807) is 26.6 Å². The van der Waals surface area contributed by atoms with Gasteiger partial charge in [-0.05, 0) is 68.9 Å². The van der Waals surface area contributed by atoms with Gasteiger partial charge < -0.3 is 23.5 Å². The number of hydrogen-bond acceptors (Lipinski definition) is 5. The molecular weight excluding hydrogens is 442 g/mol. The van der Waals surface area contributed by atoms with Gasteiger partial charge in [-0.25, -0.2) is 0 Å². The number of likely N-dealkylation sites (tertiary alicyclic amines) is 1. The molecule has 1 unspecified atom stereocenters. The zero-order valence-electron chi connectivity index (χ0n) is 21.3. The Kier molecular flexibility index (Phi) is 7.69. The highest BCUT2D eigenvalue weighted by Gasteiger charge is 2.24. The van der Waals surface area contributed by atoms with Gasteiger partial charge in [-0.15, -0.1) is 0 Å². The van der Waals surface area contributed by atoms with E-state index in [9.17, 15) is 4.79 Å². The second-order valence-electron chi connectivity index (χ2n) is 8.91. The number of hydrogen-bond donors (Lipinski definition) is 0. The summed E-state index contributed by atoms with van der Waals surface area (Å²) >= 11 is 0. The van der Waals surface area contributed by atoms with Gasteiger partial charge in [0.2, 0.25) is 5.91 Å². The van der Waals surface area contributed by atoms with Gasteiger partial charge in [0.1, 0.15) is 11.3 Å². The molecule has 1 aliphatic rings. The van der Waals surface area contributed by atoms with E-state index < -0.39 is 0 Å². The van der Waals surface area contributed by atoms with E-state index in [1.165, 1.54) is 6.42 Å². The zero-order valence-corrected chi connectivity index (χ0v) is 21.3. The fourth-order valence-corrected chi connectivity index (χ4v) is 4.93. The molecule has 6 heteroatoms. The van der Waals surface area contributed by atoms with E-state index >= 15 is 0 Å². The van der Waals surface area contributed by atoms with E-state index in [0.717, 1.165) is 59.0 Å². The van der Waals surface area contributed by atoms with Gasteiger partial charge in [0.15, 0.2) is 11.5 Å². The second-order valence-corrected chi connectivity index (χ2v) is 8.91. The average Bonchev–Trinajstić information content (AvgIpc) is 3.30. The van der Waals surface area contributed by atoms with E-state index in [-0.39, 0.29) is 5.91 Å². The first-order chi connectivity index (χ1) is 17.0. The Labute approximate surface area is 207 Å². The number of piperidine rings is 1. The Morgan fingerprint density at radius 3 is 2.60 bits per heavy atom. The van der Waals surface area contributed by atoms with E-state index in [1.807, 2.05) is 43.0 Å². The standard InChI is InChI=1S/C29H35NO5/c1-6-21-10-8-9-13-30(21)29(31)14-19(3)22-16-23-24(18-35-27(23)17-26(22)34-7-2)20-11-12-25(32-4)28(15-20)33-5/h11-12,14-18,21H,6-10,13H2,1-5H3/b19-14+. The first kappa shape index (κ1) is 24.7. The molecule has 2 aromatic carbocycles. The van der Waals surface area contributed by atoms with Crippen molar-refractivity contribution in [3.8, 4) is 28.4 Å². The first-order valence-electron chi connectivity index (χ1n) is 12.4. The number of furan rings is 1. The maximum atomic E-state index is 13.2. The number of amides is 1. The summed E-state index contributed by atoms with van der Waals surface area (Å²) in [4.78, 5) is 15.2. The van der Waals surface area contributed by atoms with Crippen molar-refractivity contribution in [1.82, 2.24) is 4.90 Å². The molecule has 0 bridgehead atoms. The van der Waals surface area contributed by atoms with Crippen molar-refractivity contribution < 1.29 is 23.4 Å². The van der Waals surface area contributed by atoms with Crippen LogP contribution in [0.5, 0.6) is 17.2 Å². The summed E-state index contributed by atoms with van der Waals surface area (Å²) in [5.41, 5.74) is 4.38. The van der Waals surface area contributed by atoms with E-state index in [2.05, 4.69) is 13.0 Å². The summed E-state index contributed by atoms with van der Waals surface area (Å²) in [5, 5.41) is 0.945. The van der Waals surface area contributed by atoms with Gasteiger partial charge in [0.25, 0.3) is 0 Å². The molecule has 1 amide bonds. The number of rotatable bonds is 8. The lowest BCUT2D eigenvalue weighted by atomic mass is 9.97. The zero-order chi connectivity index (χ0) is 24.9. The van der Waals surface area contributed by atoms with Crippen molar-refractivity contribution in [2.45, 2.75) is 52.5 Å². The minimum absolute atomic E-state index is 0.0731. The molecule has 4 rings (SSSR count). The van der Waals surface area contributed by atoms with Crippen LogP contribution in [0.25, 0.3) is 27.7 Å². The third-order valence-corrected chi connectivity index (χ3v) is 6.82. The maximum Gasteiger partial charge on any atom is 0.247 e. The van der Waals surface area contributed by atoms with Crippen LogP contribution in [0.4, 0.5) is 0 Å². The van der Waals surface area contributed by atoms with Crippen LogP contribution < -0.4 is 14.2 Å². The lowest BCUT2D eigenvalue weighted by Crippen LogP contribution is -2.42. The third kappa shape index (κ3) is 5.02. The maximum absolute atomic E-state index is 13.2. The van der Waals surface area contributed by atoms with Crippen LogP contribution in [0.2, 0.25) is 0 Å². The molecule has 186 valence electrons. The van der Waals surface area contributed by atoms with E-state index in [4.69, 9.17) is 18.6 Å². The number of nitrogens with zero attached hydrogens (tertiary/aromatic N) is 1. The number of carbonyl (C=O) groups excluding carboxylic acids is 1. The molecule has 0 radical (unpaired) electrons. The minimum Gasteiger partial charge on any atom is -0.493 e. The highest BCUT2D eigenvalue weighted by atomic mass is 16.5. The van der Waals surface area contributed by atoms with Crippen molar-refractivity contribution in [3.63, 3.8) is 0 Å². The SMILES string of the molecule is CCOc1cc2occ(-c3ccc(OC)c(OC)c3)c2cc1/C(C)=C/C(=O)N1CCCCC1CC. The Morgan fingerprint density at radius 2 is 1.89 bits per heavy atom. The molecule has 0 aliphatic carbocycles. The average molecular weight is 478 g/mol. The van der Waals surface area contributed by atoms with Gasteiger partial charge in [-0.1, -0.05) is 13.0 Å². The molecule has 1 aromatic heterocycles. The van der Waals surface area contributed by atoms with Gasteiger partial charge in [0.05, 0.1) is 27.1 Å². The summed E-state index contributed by atoms with van der Waals surface area (Å²) in [6.07, 6.45) is 7.82. The Balaban J connectivity index is 1.76. The van der Waals surface area contributed by atoms with Crippen LogP contribution >= 0.6 is 0 Å². The van der Waals surface area contributed by atoms with Gasteiger partial charge in [0, 0.05) is 41.2 Å². The molecule has 1 atom stereocenters. The molecule has 3 aromatic rings. The van der Waals surface area contributed by atoms with Gasteiger partial charge in [-0.2, -0.15) is 0 Å².